The molecule has 2 aromatic carbocycles. The highest BCUT2D eigenvalue weighted by molar-refractivity contribution is 5.77. The molecular weight excluding hydrogens is 322 g/mol. The van der Waals surface area contributed by atoms with Gasteiger partial charge in [-0.1, -0.05) is 43.2 Å². The van der Waals surface area contributed by atoms with Crippen molar-refractivity contribution in [3.63, 3.8) is 0 Å². The third-order valence-electron chi connectivity index (χ3n) is 5.05. The van der Waals surface area contributed by atoms with Crippen LogP contribution in [0.5, 0.6) is 11.5 Å². The molecule has 0 spiro atoms. The number of nitrogen functional groups attached to an aromatic ring is 1. The van der Waals surface area contributed by atoms with E-state index in [1.165, 1.54) is 12.8 Å². The average molecular weight is 343 g/mol. The van der Waals surface area contributed by atoms with Crippen molar-refractivity contribution < 1.29 is 4.74 Å². The second-order valence-corrected chi connectivity index (χ2v) is 6.70. The number of nitrogens with two attached hydrogens (primary N) is 1. The number of ether oxygens (including phenoxy) is 1. The Kier molecular flexibility index (Phi) is 4.37. The van der Waals surface area contributed by atoms with Gasteiger partial charge in [-0.25, -0.2) is 0 Å². The van der Waals surface area contributed by atoms with Crippen LogP contribution in [0.15, 0.2) is 60.8 Å². The number of para-hydroxylation sites is 1. The van der Waals surface area contributed by atoms with Gasteiger partial charge in [0.1, 0.15) is 28.9 Å². The summed E-state index contributed by atoms with van der Waals surface area (Å²) >= 11 is 0. The lowest BCUT2D eigenvalue weighted by atomic mass is 10.0. The van der Waals surface area contributed by atoms with Crippen LogP contribution in [0, 0.1) is 11.3 Å². The summed E-state index contributed by atoms with van der Waals surface area (Å²) in [6, 6.07) is 20.2. The van der Waals surface area contributed by atoms with Crippen molar-refractivity contribution in [1.29, 1.82) is 5.26 Å². The van der Waals surface area contributed by atoms with E-state index in [0.717, 1.165) is 35.5 Å². The normalized spacial score (nSPS) is 14.3. The Morgan fingerprint density at radius 2 is 1.62 bits per heavy atom. The fourth-order valence-corrected chi connectivity index (χ4v) is 3.69. The number of nitrogens with zero attached hydrogens (tertiary/aromatic N) is 2. The quantitative estimate of drug-likeness (QED) is 0.678. The van der Waals surface area contributed by atoms with E-state index in [1.54, 1.807) is 0 Å². The van der Waals surface area contributed by atoms with Crippen LogP contribution < -0.4 is 10.5 Å². The maximum absolute atomic E-state index is 9.60. The first-order valence-electron chi connectivity index (χ1n) is 9.00. The Morgan fingerprint density at radius 1 is 0.962 bits per heavy atom. The number of benzene rings is 2. The topological polar surface area (TPSA) is 64.0 Å². The van der Waals surface area contributed by atoms with Gasteiger partial charge < -0.3 is 15.0 Å². The third-order valence-corrected chi connectivity index (χ3v) is 5.05. The molecule has 4 rings (SSSR count). The van der Waals surface area contributed by atoms with Crippen LogP contribution in [0.25, 0.3) is 11.1 Å². The Balaban J connectivity index is 1.63. The van der Waals surface area contributed by atoms with E-state index in [0.29, 0.717) is 17.4 Å². The molecule has 0 unspecified atom stereocenters. The first kappa shape index (κ1) is 16.3. The fourth-order valence-electron chi connectivity index (χ4n) is 3.69. The summed E-state index contributed by atoms with van der Waals surface area (Å²) < 4.78 is 7.93. The average Bonchev–Trinajstić information content (AvgIpc) is 3.31. The maximum atomic E-state index is 9.60. The van der Waals surface area contributed by atoms with Crippen LogP contribution >= 0.6 is 0 Å². The molecule has 1 heterocycles. The van der Waals surface area contributed by atoms with Gasteiger partial charge in [0.2, 0.25) is 0 Å². The molecule has 1 aliphatic rings. The monoisotopic (exact) mass is 343 g/mol. The third kappa shape index (κ3) is 3.04. The lowest BCUT2D eigenvalue weighted by Gasteiger charge is -2.13. The number of aromatic nitrogens is 1. The molecule has 26 heavy (non-hydrogen) atoms. The van der Waals surface area contributed by atoms with Crippen LogP contribution in [0.3, 0.4) is 0 Å². The van der Waals surface area contributed by atoms with Crippen molar-refractivity contribution in [3.8, 4) is 28.7 Å². The lowest BCUT2D eigenvalue weighted by Crippen LogP contribution is -2.07. The highest BCUT2D eigenvalue weighted by atomic mass is 16.5. The zero-order chi connectivity index (χ0) is 17.9. The molecule has 0 bridgehead atoms. The molecule has 2 N–H and O–H groups in total. The molecule has 0 amide bonds. The van der Waals surface area contributed by atoms with Gasteiger partial charge in [0, 0.05) is 17.8 Å². The van der Waals surface area contributed by atoms with E-state index in [1.807, 2.05) is 60.8 Å². The van der Waals surface area contributed by atoms with Crippen LogP contribution in [0.4, 0.5) is 5.82 Å². The van der Waals surface area contributed by atoms with Gasteiger partial charge in [0.15, 0.2) is 0 Å². The molecule has 0 atom stereocenters. The highest BCUT2D eigenvalue weighted by Crippen LogP contribution is 2.38. The molecule has 1 aliphatic carbocycles. The van der Waals surface area contributed by atoms with Gasteiger partial charge in [-0.05, 0) is 42.7 Å². The van der Waals surface area contributed by atoms with Crippen molar-refractivity contribution >= 4 is 5.82 Å². The number of rotatable bonds is 4. The summed E-state index contributed by atoms with van der Waals surface area (Å²) in [6.45, 7) is 0. The SMILES string of the molecule is N#Cc1c(-c2ccc(Oc3ccccc3)cc2)cn(C2CCCC2)c1N. The van der Waals surface area contributed by atoms with E-state index in [4.69, 9.17) is 10.5 Å². The summed E-state index contributed by atoms with van der Waals surface area (Å²) in [7, 11) is 0. The van der Waals surface area contributed by atoms with Crippen LogP contribution in [-0.2, 0) is 0 Å². The number of hydrogen-bond acceptors (Lipinski definition) is 3. The van der Waals surface area contributed by atoms with Crippen molar-refractivity contribution in [2.45, 2.75) is 31.7 Å². The highest BCUT2D eigenvalue weighted by Gasteiger charge is 2.23. The van der Waals surface area contributed by atoms with E-state index in [-0.39, 0.29) is 0 Å². The number of hydrogen-bond donors (Lipinski definition) is 1. The van der Waals surface area contributed by atoms with Crippen molar-refractivity contribution in [1.82, 2.24) is 4.57 Å². The molecular formula is C22H21N3O. The molecule has 0 saturated heterocycles. The first-order chi connectivity index (χ1) is 12.8. The van der Waals surface area contributed by atoms with Gasteiger partial charge in [-0.2, -0.15) is 5.26 Å². The van der Waals surface area contributed by atoms with E-state index in [2.05, 4.69) is 10.6 Å². The molecule has 1 aromatic heterocycles. The predicted octanol–water partition coefficient (Wildman–Crippen LogP) is 5.52. The van der Waals surface area contributed by atoms with Gasteiger partial charge in [-0.15, -0.1) is 0 Å². The van der Waals surface area contributed by atoms with Gasteiger partial charge in [-0.3, -0.25) is 0 Å². The summed E-state index contributed by atoms with van der Waals surface area (Å²) in [4.78, 5) is 0. The zero-order valence-electron chi connectivity index (χ0n) is 14.6. The zero-order valence-corrected chi connectivity index (χ0v) is 14.6. The van der Waals surface area contributed by atoms with Crippen molar-refractivity contribution in [3.05, 3.63) is 66.4 Å². The number of anilines is 1. The Hall–Kier alpha value is -3.19. The summed E-state index contributed by atoms with van der Waals surface area (Å²) in [5, 5.41) is 9.60. The Bertz CT molecular complexity index is 930. The Labute approximate surface area is 153 Å². The fraction of sp³-hybridized carbons (Fsp3) is 0.227. The minimum absolute atomic E-state index is 0.413. The molecule has 4 heteroatoms. The smallest absolute Gasteiger partial charge is 0.127 e. The molecule has 3 aromatic rings. The standard InChI is InChI=1S/C22H21N3O/c23-14-20-21(15-25(22(20)24)17-6-4-5-7-17)16-10-12-19(13-11-16)26-18-8-2-1-3-9-18/h1-3,8-13,15,17H,4-7,24H2. The van der Waals surface area contributed by atoms with E-state index >= 15 is 0 Å². The molecule has 0 aliphatic heterocycles. The molecule has 0 radical (unpaired) electrons. The summed E-state index contributed by atoms with van der Waals surface area (Å²) in [5.74, 6) is 2.15. The van der Waals surface area contributed by atoms with Crippen molar-refractivity contribution in [2.75, 3.05) is 5.73 Å². The van der Waals surface area contributed by atoms with E-state index in [9.17, 15) is 5.26 Å². The minimum Gasteiger partial charge on any atom is -0.457 e. The molecule has 1 saturated carbocycles. The second kappa shape index (κ2) is 6.97. The van der Waals surface area contributed by atoms with Crippen LogP contribution in [0.2, 0.25) is 0 Å². The van der Waals surface area contributed by atoms with Gasteiger partial charge in [0.25, 0.3) is 0 Å². The predicted molar refractivity (Wildman–Crippen MR) is 103 cm³/mol. The molecule has 130 valence electrons. The Morgan fingerprint density at radius 3 is 2.27 bits per heavy atom. The van der Waals surface area contributed by atoms with E-state index < -0.39 is 0 Å². The molecule has 1 fully saturated rings. The van der Waals surface area contributed by atoms with Gasteiger partial charge in [0.05, 0.1) is 0 Å². The largest absolute Gasteiger partial charge is 0.457 e. The summed E-state index contributed by atoms with van der Waals surface area (Å²) in [5.41, 5.74) is 8.71. The second-order valence-electron chi connectivity index (χ2n) is 6.70. The van der Waals surface area contributed by atoms with Crippen molar-refractivity contribution in [2.24, 2.45) is 0 Å². The first-order valence-corrected chi connectivity index (χ1v) is 9.00. The number of nitriles is 1. The lowest BCUT2D eigenvalue weighted by molar-refractivity contribution is 0.483. The van der Waals surface area contributed by atoms with Crippen LogP contribution in [-0.4, -0.2) is 4.57 Å². The maximum Gasteiger partial charge on any atom is 0.127 e. The molecule has 4 nitrogen and oxygen atoms in total. The van der Waals surface area contributed by atoms with Crippen LogP contribution in [0.1, 0.15) is 37.3 Å². The van der Waals surface area contributed by atoms with Gasteiger partial charge >= 0.3 is 0 Å². The summed E-state index contributed by atoms with van der Waals surface area (Å²) in [6.07, 6.45) is 6.76. The minimum atomic E-state index is 0.413.